The highest BCUT2D eigenvalue weighted by Gasteiger charge is 2.38. The van der Waals surface area contributed by atoms with E-state index >= 15 is 4.39 Å². The third-order valence-corrected chi connectivity index (χ3v) is 11.8. The van der Waals surface area contributed by atoms with Crippen LogP contribution >= 0.6 is 0 Å². The zero-order valence-electron chi connectivity index (χ0n) is 30.9. The maximum atomic E-state index is 16.3. The van der Waals surface area contributed by atoms with Gasteiger partial charge in [0.1, 0.15) is 18.0 Å². The van der Waals surface area contributed by atoms with E-state index in [1.807, 2.05) is 36.4 Å². The first-order valence-corrected chi connectivity index (χ1v) is 19.0. The second-order valence-electron chi connectivity index (χ2n) is 15.1. The SMILES string of the molecule is CC1(C)c2ccccc2-c2c(N(c3ccccc3F)c3ccc4ccc5c(N(c6ccccc6)c6ncnc7ccccc67)ccc6ccc3c4c65)cccc21. The van der Waals surface area contributed by atoms with E-state index in [4.69, 9.17) is 4.98 Å². The predicted molar refractivity (Wildman–Crippen MR) is 230 cm³/mol. The van der Waals surface area contributed by atoms with Crippen molar-refractivity contribution >= 4 is 77.5 Å². The Bertz CT molecular complexity index is 3150. The van der Waals surface area contributed by atoms with Crippen molar-refractivity contribution in [1.82, 2.24) is 9.97 Å². The number of halogens is 1. The molecule has 0 aliphatic heterocycles. The molecule has 0 saturated carbocycles. The fraction of sp³-hybridized carbons (Fsp3) is 0.0588. The maximum Gasteiger partial charge on any atom is 0.148 e. The Hall–Kier alpha value is -7.11. The summed E-state index contributed by atoms with van der Waals surface area (Å²) in [4.78, 5) is 13.9. The number of aromatic nitrogens is 2. The van der Waals surface area contributed by atoms with Gasteiger partial charge in [-0.25, -0.2) is 14.4 Å². The van der Waals surface area contributed by atoms with Gasteiger partial charge < -0.3 is 4.90 Å². The van der Waals surface area contributed by atoms with E-state index < -0.39 is 0 Å². The quantitative estimate of drug-likeness (QED) is 0.160. The van der Waals surface area contributed by atoms with Gasteiger partial charge in [0.05, 0.1) is 28.3 Å². The van der Waals surface area contributed by atoms with Crippen molar-refractivity contribution in [2.24, 2.45) is 0 Å². The summed E-state index contributed by atoms with van der Waals surface area (Å²) < 4.78 is 16.3. The highest BCUT2D eigenvalue weighted by atomic mass is 19.1. The highest BCUT2D eigenvalue weighted by Crippen LogP contribution is 2.55. The van der Waals surface area contributed by atoms with Gasteiger partial charge in [-0.3, -0.25) is 4.90 Å². The lowest BCUT2D eigenvalue weighted by Gasteiger charge is -2.31. The minimum atomic E-state index is -0.279. The summed E-state index contributed by atoms with van der Waals surface area (Å²) in [6.07, 6.45) is 1.65. The van der Waals surface area contributed by atoms with Crippen molar-refractivity contribution in [2.45, 2.75) is 19.3 Å². The number of nitrogens with zero attached hydrogens (tertiary/aromatic N) is 4. The predicted octanol–water partition coefficient (Wildman–Crippen LogP) is 13.9. The minimum Gasteiger partial charge on any atom is -0.306 e. The van der Waals surface area contributed by atoms with Gasteiger partial charge in [-0.05, 0) is 92.8 Å². The van der Waals surface area contributed by atoms with Gasteiger partial charge >= 0.3 is 0 Å². The van der Waals surface area contributed by atoms with E-state index in [-0.39, 0.29) is 11.2 Å². The van der Waals surface area contributed by atoms with Crippen molar-refractivity contribution in [3.8, 4) is 11.1 Å². The molecule has 56 heavy (non-hydrogen) atoms. The second-order valence-corrected chi connectivity index (χ2v) is 15.1. The lowest BCUT2D eigenvalue weighted by molar-refractivity contribution is 0.629. The molecule has 0 bridgehead atoms. The molecule has 0 radical (unpaired) electrons. The van der Waals surface area contributed by atoms with Crippen molar-refractivity contribution in [1.29, 1.82) is 0 Å². The molecule has 0 unspecified atom stereocenters. The molecule has 0 fully saturated rings. The van der Waals surface area contributed by atoms with Crippen LogP contribution in [0.4, 0.5) is 38.6 Å². The lowest BCUT2D eigenvalue weighted by atomic mass is 9.82. The Balaban J connectivity index is 1.20. The third kappa shape index (κ3) is 4.64. The van der Waals surface area contributed by atoms with E-state index in [1.54, 1.807) is 18.5 Å². The molecule has 1 aromatic heterocycles. The van der Waals surface area contributed by atoms with Gasteiger partial charge in [-0.1, -0.05) is 129 Å². The Morgan fingerprint density at radius 2 is 1.07 bits per heavy atom. The van der Waals surface area contributed by atoms with Gasteiger partial charge in [0.25, 0.3) is 0 Å². The number of anilines is 6. The first-order valence-electron chi connectivity index (χ1n) is 19.0. The van der Waals surface area contributed by atoms with Crippen LogP contribution in [-0.4, -0.2) is 9.97 Å². The monoisotopic (exact) mass is 722 g/mol. The van der Waals surface area contributed by atoms with Crippen LogP contribution in [0.15, 0.2) is 176 Å². The van der Waals surface area contributed by atoms with E-state index in [1.165, 1.54) is 16.7 Å². The Morgan fingerprint density at radius 3 is 1.84 bits per heavy atom. The maximum absolute atomic E-state index is 16.3. The molecule has 11 rings (SSSR count). The molecule has 0 amide bonds. The fourth-order valence-electron chi connectivity index (χ4n) is 9.23. The van der Waals surface area contributed by atoms with Crippen molar-refractivity contribution in [3.05, 3.63) is 193 Å². The minimum absolute atomic E-state index is 0.207. The first-order chi connectivity index (χ1) is 27.5. The number of hydrogen-bond donors (Lipinski definition) is 0. The van der Waals surface area contributed by atoms with Crippen LogP contribution in [0.5, 0.6) is 0 Å². The van der Waals surface area contributed by atoms with Gasteiger partial charge in [0, 0.05) is 32.8 Å². The molecule has 1 aliphatic rings. The molecule has 266 valence electrons. The molecule has 5 heteroatoms. The van der Waals surface area contributed by atoms with Crippen LogP contribution in [-0.2, 0) is 5.41 Å². The van der Waals surface area contributed by atoms with Gasteiger partial charge in [0.2, 0.25) is 0 Å². The van der Waals surface area contributed by atoms with Crippen molar-refractivity contribution < 1.29 is 4.39 Å². The molecule has 1 heterocycles. The molecule has 1 aliphatic carbocycles. The second kappa shape index (κ2) is 12.2. The number of hydrogen-bond acceptors (Lipinski definition) is 4. The molecule has 0 N–H and O–H groups in total. The average molecular weight is 723 g/mol. The van der Waals surface area contributed by atoms with Gasteiger partial charge in [0.15, 0.2) is 0 Å². The van der Waals surface area contributed by atoms with Crippen LogP contribution in [0.1, 0.15) is 25.0 Å². The molecule has 0 atom stereocenters. The zero-order valence-corrected chi connectivity index (χ0v) is 30.9. The summed E-state index contributed by atoms with van der Waals surface area (Å²) >= 11 is 0. The summed E-state index contributed by atoms with van der Waals surface area (Å²) in [7, 11) is 0. The molecular weight excluding hydrogens is 688 g/mol. The molecule has 9 aromatic carbocycles. The number of fused-ring (bicyclic) bond motifs is 4. The fourth-order valence-corrected chi connectivity index (χ4v) is 9.23. The number of para-hydroxylation sites is 3. The van der Waals surface area contributed by atoms with Gasteiger partial charge in [-0.15, -0.1) is 0 Å². The van der Waals surface area contributed by atoms with Crippen molar-refractivity contribution in [2.75, 3.05) is 9.80 Å². The molecular formula is C51H35FN4. The van der Waals surface area contributed by atoms with Gasteiger partial charge in [-0.2, -0.15) is 0 Å². The van der Waals surface area contributed by atoms with E-state index in [2.05, 4.69) is 150 Å². The average Bonchev–Trinajstić information content (AvgIpc) is 3.48. The smallest absolute Gasteiger partial charge is 0.148 e. The topological polar surface area (TPSA) is 32.3 Å². The zero-order chi connectivity index (χ0) is 37.5. The Kier molecular flexibility index (Phi) is 7.05. The third-order valence-electron chi connectivity index (χ3n) is 11.8. The summed E-state index contributed by atoms with van der Waals surface area (Å²) in [5.74, 6) is 0.531. The normalized spacial score (nSPS) is 13.1. The molecule has 10 aromatic rings. The number of benzene rings is 9. The highest BCUT2D eigenvalue weighted by molar-refractivity contribution is 6.28. The van der Waals surface area contributed by atoms with Crippen LogP contribution in [0.25, 0.3) is 54.3 Å². The molecule has 0 saturated heterocycles. The van der Waals surface area contributed by atoms with E-state index in [0.717, 1.165) is 77.4 Å². The Labute approximate surface area is 324 Å². The Morgan fingerprint density at radius 1 is 0.464 bits per heavy atom. The van der Waals surface area contributed by atoms with Crippen molar-refractivity contribution in [3.63, 3.8) is 0 Å². The summed E-state index contributed by atoms with van der Waals surface area (Å²) in [5.41, 5.74) is 9.89. The first kappa shape index (κ1) is 32.3. The van der Waals surface area contributed by atoms with Crippen LogP contribution in [0, 0.1) is 5.82 Å². The van der Waals surface area contributed by atoms with Crippen LogP contribution in [0.3, 0.4) is 0 Å². The largest absolute Gasteiger partial charge is 0.306 e. The lowest BCUT2D eigenvalue weighted by Crippen LogP contribution is -2.16. The van der Waals surface area contributed by atoms with Crippen LogP contribution < -0.4 is 9.80 Å². The van der Waals surface area contributed by atoms with Crippen LogP contribution in [0.2, 0.25) is 0 Å². The molecule has 0 spiro atoms. The summed E-state index contributed by atoms with van der Waals surface area (Å²) in [6.45, 7) is 4.57. The molecule has 4 nitrogen and oxygen atoms in total. The van der Waals surface area contributed by atoms with E-state index in [9.17, 15) is 0 Å². The number of rotatable bonds is 6. The summed E-state index contributed by atoms with van der Waals surface area (Å²) in [5, 5.41) is 7.64. The summed E-state index contributed by atoms with van der Waals surface area (Å²) in [6, 6.07) is 58.4. The standard InChI is InChI=1S/C51H35FN4/c1-51(2)39-17-8-6-15-35(39)49-40(51)18-12-22-46(49)56(45-21-11-9-19-41(45)52)44-30-26-33-23-27-37-43(29-25-32-24-28-38(44)48(33)47(32)37)55(34-13-4-3-5-14-34)50-36-16-7-10-20-42(36)53-31-54-50/h3-31H,1-2H3. The van der Waals surface area contributed by atoms with E-state index in [0.29, 0.717) is 5.69 Å².